The third-order valence-electron chi connectivity index (χ3n) is 0.531. The van der Waals surface area contributed by atoms with Crippen molar-refractivity contribution in [1.29, 1.82) is 0 Å². The predicted molar refractivity (Wildman–Crippen MR) is 31.0 cm³/mol. The van der Waals surface area contributed by atoms with E-state index in [1.54, 1.807) is 6.92 Å². The maximum absolute atomic E-state index is 10.6. The van der Waals surface area contributed by atoms with Crippen LogP contribution in [0.5, 0.6) is 0 Å². The molecule has 1 atom stereocenters. The van der Waals surface area contributed by atoms with Gasteiger partial charge in [0.15, 0.2) is 0 Å². The molecule has 0 aromatic rings. The van der Waals surface area contributed by atoms with Gasteiger partial charge in [0.25, 0.3) is 7.60 Å². The molecule has 0 aliphatic heterocycles. The van der Waals surface area contributed by atoms with Gasteiger partial charge in [-0.25, -0.2) is 13.7 Å². The van der Waals surface area contributed by atoms with Crippen LogP contribution in [0.4, 0.5) is 0 Å². The quantitative estimate of drug-likeness (QED) is 0.542. The largest absolute Gasteiger partial charge is 0.491 e. The summed E-state index contributed by atoms with van der Waals surface area (Å²) in [7, 11) is 0.128. The summed E-state index contributed by atoms with van der Waals surface area (Å²) >= 11 is 0. The monoisotopic (exact) mass is 225 g/mol. The standard InChI is InChI=1S/C4H9O3P.Y/c1-4-7-8(3,5)6-2;/h4H,2H2,1,3H3;/q-2;. The minimum Gasteiger partial charge on any atom is -0.491 e. The Kier molecular flexibility index (Phi) is 8.59. The van der Waals surface area contributed by atoms with Crippen LogP contribution in [-0.4, -0.2) is 6.66 Å². The van der Waals surface area contributed by atoms with E-state index >= 15 is 0 Å². The zero-order valence-corrected chi connectivity index (χ0v) is 9.27. The summed E-state index contributed by atoms with van der Waals surface area (Å²) in [4.78, 5) is 0. The van der Waals surface area contributed by atoms with Crippen LogP contribution < -0.4 is 0 Å². The van der Waals surface area contributed by atoms with Crippen molar-refractivity contribution >= 4 is 7.60 Å². The number of hydrogen-bond acceptors (Lipinski definition) is 3. The van der Waals surface area contributed by atoms with E-state index in [1.807, 2.05) is 0 Å². The molecule has 53 valence electrons. The van der Waals surface area contributed by atoms with Crippen LogP contribution in [0.25, 0.3) is 0 Å². The number of hydrogen-bond donors (Lipinski definition) is 0. The van der Waals surface area contributed by atoms with Crippen molar-refractivity contribution in [3.05, 3.63) is 13.7 Å². The summed E-state index contributed by atoms with van der Waals surface area (Å²) in [6, 6.07) is 0. The second kappa shape index (κ2) is 6.00. The molecule has 5 heteroatoms. The third-order valence-corrected chi connectivity index (χ3v) is 1.59. The molecule has 0 rings (SSSR count). The Bertz CT molecular complexity index is 106. The van der Waals surface area contributed by atoms with Crippen LogP contribution in [0.1, 0.15) is 6.92 Å². The normalized spacial score (nSPS) is 15.9. The van der Waals surface area contributed by atoms with Gasteiger partial charge >= 0.3 is 0 Å². The molecule has 0 saturated heterocycles. The van der Waals surface area contributed by atoms with E-state index in [4.69, 9.17) is 0 Å². The van der Waals surface area contributed by atoms with Crippen molar-refractivity contribution in [3.63, 3.8) is 0 Å². The summed E-state index contributed by atoms with van der Waals surface area (Å²) in [5, 5.41) is 0. The van der Waals surface area contributed by atoms with Crippen molar-refractivity contribution in [1.82, 2.24) is 0 Å². The van der Waals surface area contributed by atoms with E-state index in [-0.39, 0.29) is 32.7 Å². The third kappa shape index (κ3) is 7.15. The molecule has 0 aromatic carbocycles. The first-order chi connectivity index (χ1) is 3.62. The molecule has 0 aliphatic carbocycles. The molecule has 3 nitrogen and oxygen atoms in total. The Morgan fingerprint density at radius 1 is 1.67 bits per heavy atom. The number of rotatable bonds is 3. The molecule has 0 heterocycles. The van der Waals surface area contributed by atoms with Gasteiger partial charge in [-0.2, -0.15) is 6.92 Å². The molecular formula is C4H9O3PY-2. The van der Waals surface area contributed by atoms with Gasteiger partial charge in [-0.1, -0.05) is 0 Å². The molecule has 0 amide bonds. The first kappa shape index (κ1) is 12.9. The topological polar surface area (TPSA) is 35.5 Å². The van der Waals surface area contributed by atoms with Crippen LogP contribution in [-0.2, 0) is 46.3 Å². The Morgan fingerprint density at radius 3 is 2.22 bits per heavy atom. The van der Waals surface area contributed by atoms with Gasteiger partial charge in [0, 0.05) is 39.4 Å². The maximum Gasteiger partial charge on any atom is 0.267 e. The molecule has 0 spiro atoms. The molecule has 0 saturated carbocycles. The smallest absolute Gasteiger partial charge is 0.267 e. The van der Waals surface area contributed by atoms with Gasteiger partial charge < -0.3 is 9.05 Å². The molecule has 1 radical (unpaired) electrons. The van der Waals surface area contributed by atoms with Crippen LogP contribution in [0.3, 0.4) is 0 Å². The van der Waals surface area contributed by atoms with Crippen molar-refractivity contribution in [2.45, 2.75) is 6.92 Å². The molecule has 0 aliphatic rings. The van der Waals surface area contributed by atoms with E-state index in [9.17, 15) is 4.57 Å². The van der Waals surface area contributed by atoms with Gasteiger partial charge in [-0.3, -0.25) is 4.57 Å². The molecule has 0 aromatic heterocycles. The summed E-state index contributed by atoms with van der Waals surface area (Å²) < 4.78 is 19.4. The Morgan fingerprint density at radius 2 is 2.11 bits per heavy atom. The minimum absolute atomic E-state index is 0. The summed E-state index contributed by atoms with van der Waals surface area (Å²) in [6.07, 6.45) is 0. The van der Waals surface area contributed by atoms with Crippen LogP contribution in [0, 0.1) is 13.7 Å². The van der Waals surface area contributed by atoms with Crippen LogP contribution >= 0.6 is 7.60 Å². The average molecular weight is 225 g/mol. The van der Waals surface area contributed by atoms with Crippen molar-refractivity contribution in [2.24, 2.45) is 0 Å². The van der Waals surface area contributed by atoms with Crippen molar-refractivity contribution in [2.75, 3.05) is 6.66 Å². The average Bonchev–Trinajstić information content (AvgIpc) is 1.67. The van der Waals surface area contributed by atoms with Gasteiger partial charge in [-0.15, -0.1) is 0 Å². The minimum atomic E-state index is -2.84. The molecule has 1 unspecified atom stereocenters. The van der Waals surface area contributed by atoms with E-state index in [2.05, 4.69) is 16.2 Å². The second-order valence-electron chi connectivity index (χ2n) is 1.24. The van der Waals surface area contributed by atoms with Gasteiger partial charge in [0.1, 0.15) is 0 Å². The molecule has 0 bridgehead atoms. The summed E-state index contributed by atoms with van der Waals surface area (Å²) in [6.45, 7) is 4.28. The van der Waals surface area contributed by atoms with Crippen LogP contribution in [0.15, 0.2) is 0 Å². The van der Waals surface area contributed by atoms with Gasteiger partial charge in [0.2, 0.25) is 0 Å². The Balaban J connectivity index is 0. The van der Waals surface area contributed by atoms with E-state index in [0.717, 1.165) is 0 Å². The Hall–Kier alpha value is 1.25. The van der Waals surface area contributed by atoms with E-state index in [1.165, 1.54) is 13.3 Å². The Labute approximate surface area is 80.9 Å². The predicted octanol–water partition coefficient (Wildman–Crippen LogP) is 1.81. The molecular weight excluding hydrogens is 216 g/mol. The molecule has 0 N–H and O–H groups in total. The molecule has 0 fully saturated rings. The van der Waals surface area contributed by atoms with Gasteiger partial charge in [0.05, 0.1) is 0 Å². The second-order valence-corrected chi connectivity index (χ2v) is 3.25. The zero-order chi connectivity index (χ0) is 6.62. The fourth-order valence-electron chi connectivity index (χ4n) is 0.222. The van der Waals surface area contributed by atoms with Crippen molar-refractivity contribution in [3.8, 4) is 0 Å². The van der Waals surface area contributed by atoms with Crippen LogP contribution in [0.2, 0.25) is 0 Å². The summed E-state index contributed by atoms with van der Waals surface area (Å²) in [5.41, 5.74) is 0. The van der Waals surface area contributed by atoms with Gasteiger partial charge in [-0.05, 0) is 0 Å². The fraction of sp³-hybridized carbons (Fsp3) is 0.500. The van der Waals surface area contributed by atoms with E-state index in [0.29, 0.717) is 0 Å². The SMILES string of the molecule is [CH2-]OP(C)(=O)O[CH-]C.[Y]. The first-order valence-corrected chi connectivity index (χ1v) is 4.09. The van der Waals surface area contributed by atoms with Crippen molar-refractivity contribution < 1.29 is 46.3 Å². The summed E-state index contributed by atoms with van der Waals surface area (Å²) in [5.74, 6) is 0. The maximum atomic E-state index is 10.6. The fourth-order valence-corrected chi connectivity index (χ4v) is 0.666. The molecule has 9 heavy (non-hydrogen) atoms. The van der Waals surface area contributed by atoms with E-state index < -0.39 is 7.60 Å². The zero-order valence-electron chi connectivity index (χ0n) is 5.53. The first-order valence-electron chi connectivity index (χ1n) is 2.10.